The Morgan fingerprint density at radius 2 is 1.73 bits per heavy atom. The zero-order valence-corrected chi connectivity index (χ0v) is 18.1. The number of ether oxygens (including phenoxy) is 1. The van der Waals surface area contributed by atoms with Crippen LogP contribution in [-0.2, 0) is 20.9 Å². The molecule has 0 heterocycles. The summed E-state index contributed by atoms with van der Waals surface area (Å²) in [6, 6.07) is 15.3. The molecule has 6 heteroatoms. The molecule has 0 unspecified atom stereocenters. The lowest BCUT2D eigenvalue weighted by atomic mass is 10.1. The van der Waals surface area contributed by atoms with E-state index in [1.54, 1.807) is 7.05 Å². The molecule has 2 aromatic rings. The van der Waals surface area contributed by atoms with Gasteiger partial charge in [-0.25, -0.2) is 4.79 Å². The SMILES string of the molecule is Cc1ccc(CN(C)C(=O)COC(=O)/C(C#N)=C/c2ccc(N(C)C)cc2)c(C)c1. The van der Waals surface area contributed by atoms with E-state index in [-0.39, 0.29) is 11.5 Å². The molecular weight excluding hydrogens is 378 g/mol. The summed E-state index contributed by atoms with van der Waals surface area (Å²) in [4.78, 5) is 28.0. The van der Waals surface area contributed by atoms with Crippen LogP contribution in [-0.4, -0.2) is 44.5 Å². The minimum atomic E-state index is -0.817. The highest BCUT2D eigenvalue weighted by Crippen LogP contribution is 2.15. The number of hydrogen-bond donors (Lipinski definition) is 0. The molecule has 0 N–H and O–H groups in total. The first-order valence-electron chi connectivity index (χ1n) is 9.57. The summed E-state index contributed by atoms with van der Waals surface area (Å²) in [7, 11) is 5.51. The topological polar surface area (TPSA) is 73.6 Å². The number of rotatable bonds is 7. The van der Waals surface area contributed by atoms with Gasteiger partial charge in [-0.05, 0) is 48.7 Å². The van der Waals surface area contributed by atoms with Crippen molar-refractivity contribution >= 4 is 23.6 Å². The van der Waals surface area contributed by atoms with Crippen LogP contribution in [0.25, 0.3) is 6.08 Å². The second kappa shape index (κ2) is 10.3. The number of carbonyl (C=O) groups is 2. The van der Waals surface area contributed by atoms with E-state index in [1.165, 1.54) is 11.0 Å². The van der Waals surface area contributed by atoms with Crippen molar-refractivity contribution in [2.24, 2.45) is 0 Å². The van der Waals surface area contributed by atoms with Crippen LogP contribution in [0.3, 0.4) is 0 Å². The summed E-state index contributed by atoms with van der Waals surface area (Å²) < 4.78 is 5.07. The number of nitriles is 1. The summed E-state index contributed by atoms with van der Waals surface area (Å²) in [5.41, 5.74) is 4.84. The highest BCUT2D eigenvalue weighted by atomic mass is 16.5. The fraction of sp³-hybridized carbons (Fsp3) is 0.292. The molecular formula is C24H27N3O3. The van der Waals surface area contributed by atoms with Gasteiger partial charge in [0.25, 0.3) is 5.91 Å². The largest absolute Gasteiger partial charge is 0.451 e. The van der Waals surface area contributed by atoms with E-state index in [9.17, 15) is 14.9 Å². The van der Waals surface area contributed by atoms with Gasteiger partial charge in [-0.2, -0.15) is 5.26 Å². The molecule has 0 bridgehead atoms. The van der Waals surface area contributed by atoms with Crippen molar-refractivity contribution in [3.05, 3.63) is 70.3 Å². The van der Waals surface area contributed by atoms with Crippen molar-refractivity contribution in [3.8, 4) is 6.07 Å². The molecule has 0 saturated heterocycles. The predicted molar refractivity (Wildman–Crippen MR) is 118 cm³/mol. The molecule has 0 saturated carbocycles. The Kier molecular flexibility index (Phi) is 7.76. The Bertz CT molecular complexity index is 986. The molecule has 2 aromatic carbocycles. The van der Waals surface area contributed by atoms with Gasteiger partial charge in [0.05, 0.1) is 0 Å². The Morgan fingerprint density at radius 3 is 2.30 bits per heavy atom. The molecule has 6 nitrogen and oxygen atoms in total. The number of nitrogens with zero attached hydrogens (tertiary/aromatic N) is 3. The molecule has 0 radical (unpaired) electrons. The van der Waals surface area contributed by atoms with Crippen LogP contribution in [0, 0.1) is 25.2 Å². The molecule has 0 aliphatic heterocycles. The Hall–Kier alpha value is -3.59. The van der Waals surface area contributed by atoms with Gasteiger partial charge in [0.1, 0.15) is 11.6 Å². The highest BCUT2D eigenvalue weighted by Gasteiger charge is 2.16. The number of hydrogen-bond acceptors (Lipinski definition) is 5. The molecule has 0 aromatic heterocycles. The number of amides is 1. The third-order valence-corrected chi connectivity index (χ3v) is 4.72. The van der Waals surface area contributed by atoms with Crippen LogP contribution >= 0.6 is 0 Å². The van der Waals surface area contributed by atoms with Crippen molar-refractivity contribution < 1.29 is 14.3 Å². The molecule has 156 valence electrons. The van der Waals surface area contributed by atoms with E-state index in [2.05, 4.69) is 6.07 Å². The summed E-state index contributed by atoms with van der Waals surface area (Å²) in [5, 5.41) is 9.30. The Balaban J connectivity index is 1.96. The second-order valence-electron chi connectivity index (χ2n) is 7.41. The number of carbonyl (C=O) groups excluding carboxylic acids is 2. The van der Waals surface area contributed by atoms with Gasteiger partial charge in [-0.3, -0.25) is 4.79 Å². The van der Waals surface area contributed by atoms with E-state index in [0.29, 0.717) is 12.1 Å². The van der Waals surface area contributed by atoms with Gasteiger partial charge < -0.3 is 14.5 Å². The molecule has 0 fully saturated rings. The van der Waals surface area contributed by atoms with E-state index >= 15 is 0 Å². The number of aryl methyl sites for hydroxylation is 2. The lowest BCUT2D eigenvalue weighted by molar-refractivity contribution is -0.148. The van der Waals surface area contributed by atoms with E-state index in [1.807, 2.05) is 75.3 Å². The van der Waals surface area contributed by atoms with Crippen LogP contribution in [0.1, 0.15) is 22.3 Å². The maximum Gasteiger partial charge on any atom is 0.349 e. The minimum Gasteiger partial charge on any atom is -0.451 e. The fourth-order valence-corrected chi connectivity index (χ4v) is 2.85. The summed E-state index contributed by atoms with van der Waals surface area (Å²) >= 11 is 0. The van der Waals surface area contributed by atoms with E-state index in [4.69, 9.17) is 4.74 Å². The first kappa shape index (κ1) is 22.7. The van der Waals surface area contributed by atoms with Gasteiger partial charge in [0, 0.05) is 33.4 Å². The predicted octanol–water partition coefficient (Wildman–Crippen LogP) is 3.48. The standard InChI is InChI=1S/C24H27N3O3/c1-17-6-9-20(18(2)12-17)15-27(5)23(28)16-30-24(29)21(14-25)13-19-7-10-22(11-8-19)26(3)4/h6-13H,15-16H2,1-5H3/b21-13+. The molecule has 0 atom stereocenters. The number of anilines is 1. The third kappa shape index (κ3) is 6.21. The average Bonchev–Trinajstić information content (AvgIpc) is 2.72. The van der Waals surface area contributed by atoms with Gasteiger partial charge in [0.2, 0.25) is 0 Å². The normalized spacial score (nSPS) is 10.9. The molecule has 2 rings (SSSR count). The third-order valence-electron chi connectivity index (χ3n) is 4.72. The summed E-state index contributed by atoms with van der Waals surface area (Å²) in [6.45, 7) is 4.01. The van der Waals surface area contributed by atoms with Crippen LogP contribution in [0.5, 0.6) is 0 Å². The van der Waals surface area contributed by atoms with Gasteiger partial charge in [0.15, 0.2) is 6.61 Å². The molecule has 0 aliphatic rings. The molecule has 30 heavy (non-hydrogen) atoms. The summed E-state index contributed by atoms with van der Waals surface area (Å²) in [5.74, 6) is -1.15. The van der Waals surface area contributed by atoms with Gasteiger partial charge in [-0.1, -0.05) is 35.9 Å². The van der Waals surface area contributed by atoms with Crippen molar-refractivity contribution in [1.29, 1.82) is 5.26 Å². The van der Waals surface area contributed by atoms with Gasteiger partial charge in [-0.15, -0.1) is 0 Å². The lowest BCUT2D eigenvalue weighted by Crippen LogP contribution is -2.31. The fourth-order valence-electron chi connectivity index (χ4n) is 2.85. The number of benzene rings is 2. The van der Waals surface area contributed by atoms with Gasteiger partial charge >= 0.3 is 5.97 Å². The first-order valence-corrected chi connectivity index (χ1v) is 9.57. The smallest absolute Gasteiger partial charge is 0.349 e. The quantitative estimate of drug-likeness (QED) is 0.401. The zero-order chi connectivity index (χ0) is 22.3. The van der Waals surface area contributed by atoms with Crippen LogP contribution < -0.4 is 4.90 Å². The van der Waals surface area contributed by atoms with Crippen molar-refractivity contribution in [2.75, 3.05) is 32.6 Å². The Labute approximate surface area is 178 Å². The second-order valence-corrected chi connectivity index (χ2v) is 7.41. The van der Waals surface area contributed by atoms with Crippen molar-refractivity contribution in [1.82, 2.24) is 4.90 Å². The van der Waals surface area contributed by atoms with Crippen LogP contribution in [0.4, 0.5) is 5.69 Å². The van der Waals surface area contributed by atoms with Crippen molar-refractivity contribution in [2.45, 2.75) is 20.4 Å². The average molecular weight is 405 g/mol. The monoisotopic (exact) mass is 405 g/mol. The van der Waals surface area contributed by atoms with E-state index in [0.717, 1.165) is 22.4 Å². The number of esters is 1. The molecule has 1 amide bonds. The Morgan fingerprint density at radius 1 is 1.07 bits per heavy atom. The maximum atomic E-state index is 12.3. The van der Waals surface area contributed by atoms with Crippen LogP contribution in [0.15, 0.2) is 48.0 Å². The van der Waals surface area contributed by atoms with Crippen molar-refractivity contribution in [3.63, 3.8) is 0 Å². The molecule has 0 aliphatic carbocycles. The van der Waals surface area contributed by atoms with E-state index < -0.39 is 12.6 Å². The minimum absolute atomic E-state index is 0.155. The molecule has 0 spiro atoms. The maximum absolute atomic E-state index is 12.3. The van der Waals surface area contributed by atoms with Crippen LogP contribution in [0.2, 0.25) is 0 Å². The lowest BCUT2D eigenvalue weighted by Gasteiger charge is -2.18. The number of likely N-dealkylation sites (N-methyl/N-ethyl adjacent to an activating group) is 1. The first-order chi connectivity index (χ1) is 14.2. The zero-order valence-electron chi connectivity index (χ0n) is 18.1. The highest BCUT2D eigenvalue weighted by molar-refractivity contribution is 5.98. The summed E-state index contributed by atoms with van der Waals surface area (Å²) in [6.07, 6.45) is 1.45.